The number of rotatable bonds is 7. The number of benzene rings is 1. The highest BCUT2D eigenvalue weighted by Gasteiger charge is 2.32. The van der Waals surface area contributed by atoms with Crippen molar-refractivity contribution in [2.24, 2.45) is 5.41 Å². The van der Waals surface area contributed by atoms with E-state index in [0.29, 0.717) is 0 Å². The first-order valence-electron chi connectivity index (χ1n) is 7.18. The maximum absolute atomic E-state index is 9.55. The summed E-state index contributed by atoms with van der Waals surface area (Å²) in [4.78, 5) is 0. The van der Waals surface area contributed by atoms with Crippen molar-refractivity contribution >= 4 is 0 Å². The smallest absolute Gasteiger partial charge is 0.174 e. The molecular formula is C16H22N2O2. The summed E-state index contributed by atoms with van der Waals surface area (Å²) < 4.78 is 5.21. The lowest BCUT2D eigenvalue weighted by molar-refractivity contribution is 0.128. The summed E-state index contributed by atoms with van der Waals surface area (Å²) >= 11 is 0. The minimum atomic E-state index is 0.0800. The van der Waals surface area contributed by atoms with Crippen LogP contribution >= 0.6 is 0 Å². The zero-order valence-corrected chi connectivity index (χ0v) is 11.8. The average molecular weight is 274 g/mol. The van der Waals surface area contributed by atoms with Crippen LogP contribution in [0.3, 0.4) is 0 Å². The molecule has 1 aliphatic carbocycles. The summed E-state index contributed by atoms with van der Waals surface area (Å²) in [5.41, 5.74) is 1.27. The van der Waals surface area contributed by atoms with Crippen molar-refractivity contribution in [2.75, 3.05) is 19.8 Å². The second-order valence-electron chi connectivity index (χ2n) is 5.56. The van der Waals surface area contributed by atoms with E-state index in [-0.39, 0.29) is 18.6 Å². The minimum Gasteiger partial charge on any atom is -0.479 e. The Hall–Kier alpha value is -1.57. The molecule has 0 radical (unpaired) electrons. The molecule has 4 heteroatoms. The molecule has 0 unspecified atom stereocenters. The lowest BCUT2D eigenvalue weighted by Crippen LogP contribution is -2.34. The summed E-state index contributed by atoms with van der Waals surface area (Å²) in [6, 6.07) is 9.71. The molecule has 0 bridgehead atoms. The first-order valence-corrected chi connectivity index (χ1v) is 7.18. The fourth-order valence-electron chi connectivity index (χ4n) is 2.81. The number of hydrogen-bond donors (Lipinski definition) is 2. The van der Waals surface area contributed by atoms with Gasteiger partial charge in [-0.15, -0.1) is 0 Å². The van der Waals surface area contributed by atoms with Gasteiger partial charge in [-0.2, -0.15) is 5.26 Å². The van der Waals surface area contributed by atoms with Gasteiger partial charge in [-0.3, -0.25) is 0 Å². The molecule has 108 valence electrons. The fraction of sp³-hybridized carbons (Fsp3) is 0.562. The van der Waals surface area contributed by atoms with Crippen LogP contribution in [-0.2, 0) is 6.54 Å². The van der Waals surface area contributed by atoms with Gasteiger partial charge in [-0.1, -0.05) is 25.0 Å². The highest BCUT2D eigenvalue weighted by atomic mass is 16.5. The molecule has 4 nitrogen and oxygen atoms in total. The van der Waals surface area contributed by atoms with Gasteiger partial charge in [0, 0.05) is 25.1 Å². The lowest BCUT2D eigenvalue weighted by atomic mass is 9.87. The third kappa shape index (κ3) is 3.96. The Morgan fingerprint density at radius 1 is 1.25 bits per heavy atom. The maximum Gasteiger partial charge on any atom is 0.174 e. The highest BCUT2D eigenvalue weighted by Crippen LogP contribution is 2.36. The van der Waals surface area contributed by atoms with Crippen LogP contribution in [0.15, 0.2) is 24.3 Å². The van der Waals surface area contributed by atoms with E-state index in [1.54, 1.807) is 0 Å². The Morgan fingerprint density at radius 2 is 1.95 bits per heavy atom. The molecule has 0 heterocycles. The normalized spacial score (nSPS) is 16.8. The van der Waals surface area contributed by atoms with E-state index in [4.69, 9.17) is 10.00 Å². The van der Waals surface area contributed by atoms with E-state index in [1.165, 1.54) is 18.4 Å². The van der Waals surface area contributed by atoms with Crippen LogP contribution in [0.2, 0.25) is 0 Å². The lowest BCUT2D eigenvalue weighted by Gasteiger charge is -2.26. The van der Waals surface area contributed by atoms with Gasteiger partial charge in [-0.25, -0.2) is 0 Å². The van der Waals surface area contributed by atoms with Crippen LogP contribution in [0, 0.1) is 16.7 Å². The van der Waals surface area contributed by atoms with Crippen molar-refractivity contribution in [3.05, 3.63) is 29.8 Å². The van der Waals surface area contributed by atoms with Gasteiger partial charge < -0.3 is 15.2 Å². The van der Waals surface area contributed by atoms with Gasteiger partial charge >= 0.3 is 0 Å². The van der Waals surface area contributed by atoms with E-state index >= 15 is 0 Å². The summed E-state index contributed by atoms with van der Waals surface area (Å²) in [5.74, 6) is 0.720. The molecule has 1 aromatic carbocycles. The van der Waals surface area contributed by atoms with Crippen molar-refractivity contribution in [1.82, 2.24) is 5.32 Å². The number of nitrogens with zero attached hydrogens (tertiary/aromatic N) is 1. The van der Waals surface area contributed by atoms with E-state index in [0.717, 1.165) is 31.7 Å². The van der Waals surface area contributed by atoms with Gasteiger partial charge in [0.15, 0.2) is 6.61 Å². The Bertz CT molecular complexity index is 445. The van der Waals surface area contributed by atoms with E-state index < -0.39 is 0 Å². The zero-order chi connectivity index (χ0) is 14.3. The van der Waals surface area contributed by atoms with Gasteiger partial charge in [0.2, 0.25) is 0 Å². The SMILES string of the molecule is N#CCOc1ccc(CNCC2(CO)CCCC2)cc1. The third-order valence-electron chi connectivity index (χ3n) is 4.06. The van der Waals surface area contributed by atoms with Crippen LogP contribution in [0.4, 0.5) is 0 Å². The predicted octanol–water partition coefficient (Wildman–Crippen LogP) is 2.23. The number of aliphatic hydroxyl groups excluding tert-OH is 1. The summed E-state index contributed by atoms with van der Waals surface area (Å²) in [6.07, 6.45) is 4.70. The Balaban J connectivity index is 1.78. The van der Waals surface area contributed by atoms with Crippen LogP contribution in [0.5, 0.6) is 5.75 Å². The second kappa shape index (κ2) is 7.28. The van der Waals surface area contributed by atoms with Crippen molar-refractivity contribution in [3.8, 4) is 11.8 Å². The molecule has 1 aliphatic rings. The first kappa shape index (κ1) is 14.8. The molecule has 0 amide bonds. The van der Waals surface area contributed by atoms with Crippen molar-refractivity contribution in [1.29, 1.82) is 5.26 Å². The topological polar surface area (TPSA) is 65.3 Å². The molecule has 0 saturated heterocycles. The standard InChI is InChI=1S/C16H22N2O2/c17-9-10-20-15-5-3-14(4-6-15)11-18-12-16(13-19)7-1-2-8-16/h3-6,18-19H,1-2,7-8,10-13H2. The van der Waals surface area contributed by atoms with Crippen molar-refractivity contribution < 1.29 is 9.84 Å². The average Bonchev–Trinajstić information content (AvgIpc) is 2.96. The highest BCUT2D eigenvalue weighted by molar-refractivity contribution is 5.27. The second-order valence-corrected chi connectivity index (χ2v) is 5.56. The van der Waals surface area contributed by atoms with E-state index in [2.05, 4.69) is 5.32 Å². The van der Waals surface area contributed by atoms with Crippen LogP contribution in [0.1, 0.15) is 31.2 Å². The first-order chi connectivity index (χ1) is 9.78. The molecule has 1 saturated carbocycles. The predicted molar refractivity (Wildman–Crippen MR) is 77.2 cm³/mol. The van der Waals surface area contributed by atoms with Gasteiger partial charge in [0.05, 0.1) is 0 Å². The quantitative estimate of drug-likeness (QED) is 0.800. The fourth-order valence-corrected chi connectivity index (χ4v) is 2.81. The van der Waals surface area contributed by atoms with Crippen LogP contribution in [-0.4, -0.2) is 24.9 Å². The molecule has 0 spiro atoms. The molecule has 1 fully saturated rings. The van der Waals surface area contributed by atoms with Crippen LogP contribution in [0.25, 0.3) is 0 Å². The molecular weight excluding hydrogens is 252 g/mol. The summed E-state index contributed by atoms with van der Waals surface area (Å²) in [6.45, 7) is 2.02. The molecule has 0 aromatic heterocycles. The Morgan fingerprint density at radius 3 is 2.55 bits per heavy atom. The molecule has 0 aliphatic heterocycles. The van der Waals surface area contributed by atoms with Crippen molar-refractivity contribution in [2.45, 2.75) is 32.2 Å². The molecule has 0 atom stereocenters. The molecule has 2 rings (SSSR count). The number of nitrogens with one attached hydrogen (secondary N) is 1. The monoisotopic (exact) mass is 274 g/mol. The summed E-state index contributed by atoms with van der Waals surface area (Å²) in [7, 11) is 0. The number of hydrogen-bond acceptors (Lipinski definition) is 4. The van der Waals surface area contributed by atoms with Gasteiger partial charge in [-0.05, 0) is 30.5 Å². The van der Waals surface area contributed by atoms with E-state index in [9.17, 15) is 5.11 Å². The minimum absolute atomic E-state index is 0.0800. The number of aliphatic hydroxyl groups is 1. The van der Waals surface area contributed by atoms with Crippen LogP contribution < -0.4 is 10.1 Å². The van der Waals surface area contributed by atoms with E-state index in [1.807, 2.05) is 30.3 Å². The van der Waals surface area contributed by atoms with Gasteiger partial charge in [0.1, 0.15) is 11.8 Å². The third-order valence-corrected chi connectivity index (χ3v) is 4.06. The Kier molecular flexibility index (Phi) is 5.40. The largest absolute Gasteiger partial charge is 0.479 e. The number of nitriles is 1. The maximum atomic E-state index is 9.55. The summed E-state index contributed by atoms with van der Waals surface area (Å²) in [5, 5.41) is 21.4. The van der Waals surface area contributed by atoms with Gasteiger partial charge in [0.25, 0.3) is 0 Å². The molecule has 2 N–H and O–H groups in total. The Labute approximate surface area is 120 Å². The molecule has 1 aromatic rings. The molecule has 20 heavy (non-hydrogen) atoms. The van der Waals surface area contributed by atoms with Crippen molar-refractivity contribution in [3.63, 3.8) is 0 Å². The zero-order valence-electron chi connectivity index (χ0n) is 11.8. The number of ether oxygens (including phenoxy) is 1.